The van der Waals surface area contributed by atoms with Crippen LogP contribution < -0.4 is 0 Å². The minimum atomic E-state index is -0.297. The molecular formula is C19H24O2S2. The molecule has 1 fully saturated rings. The van der Waals surface area contributed by atoms with E-state index in [0.29, 0.717) is 10.00 Å². The molecule has 2 nitrogen and oxygen atoms in total. The molecule has 1 heterocycles. The van der Waals surface area contributed by atoms with Gasteiger partial charge in [-0.05, 0) is 40.5 Å². The van der Waals surface area contributed by atoms with Gasteiger partial charge in [-0.1, -0.05) is 44.7 Å². The van der Waals surface area contributed by atoms with Crippen molar-refractivity contribution < 1.29 is 9.53 Å². The van der Waals surface area contributed by atoms with Crippen LogP contribution in [-0.4, -0.2) is 24.1 Å². The van der Waals surface area contributed by atoms with Crippen LogP contribution in [0.25, 0.3) is 0 Å². The number of thioether (sulfide) groups is 2. The van der Waals surface area contributed by atoms with Gasteiger partial charge in [0.2, 0.25) is 0 Å². The second-order valence-electron chi connectivity index (χ2n) is 6.77. The van der Waals surface area contributed by atoms with E-state index in [2.05, 4.69) is 68.3 Å². The van der Waals surface area contributed by atoms with E-state index in [0.717, 1.165) is 11.5 Å². The van der Waals surface area contributed by atoms with Crippen LogP contribution in [0.2, 0.25) is 0 Å². The molecular weight excluding hydrogens is 324 g/mol. The van der Waals surface area contributed by atoms with Crippen LogP contribution in [-0.2, 0) is 9.53 Å². The first-order chi connectivity index (χ1) is 10.9. The van der Waals surface area contributed by atoms with E-state index in [1.807, 2.05) is 12.1 Å². The molecule has 1 saturated heterocycles. The van der Waals surface area contributed by atoms with Crippen LogP contribution in [0.5, 0.6) is 0 Å². The number of esters is 1. The molecule has 0 amide bonds. The van der Waals surface area contributed by atoms with E-state index >= 15 is 0 Å². The van der Waals surface area contributed by atoms with E-state index in [9.17, 15) is 4.79 Å². The highest BCUT2D eigenvalue weighted by molar-refractivity contribution is 8.16. The third-order valence-corrected chi connectivity index (χ3v) is 7.04. The summed E-state index contributed by atoms with van der Waals surface area (Å²) < 4.78 is 5.33. The monoisotopic (exact) mass is 348 g/mol. The Labute approximate surface area is 148 Å². The van der Waals surface area contributed by atoms with E-state index in [1.54, 1.807) is 0 Å². The van der Waals surface area contributed by atoms with Crippen LogP contribution in [0.15, 0.2) is 24.3 Å². The maximum Gasteiger partial charge on any atom is 0.303 e. The molecule has 0 saturated carbocycles. The van der Waals surface area contributed by atoms with Gasteiger partial charge in [0.1, 0.15) is 0 Å². The number of hydrogen-bond acceptors (Lipinski definition) is 4. The van der Waals surface area contributed by atoms with Crippen molar-refractivity contribution in [1.82, 2.24) is 0 Å². The average molecular weight is 349 g/mol. The standard InChI is InChI=1S/C19H24O2S2/c1-14(20)21-11-5-6-15-7-9-16(10-8-15)18-22-12-17(13-23-18)19(2,3)4/h7-10,17-18H,11-13H2,1-4H3. The Hall–Kier alpha value is -1.05. The summed E-state index contributed by atoms with van der Waals surface area (Å²) in [5.41, 5.74) is 2.71. The highest BCUT2D eigenvalue weighted by atomic mass is 32.2. The minimum absolute atomic E-state index is 0.152. The molecule has 0 aliphatic carbocycles. The van der Waals surface area contributed by atoms with E-state index < -0.39 is 0 Å². The third-order valence-electron chi connectivity index (χ3n) is 3.89. The first-order valence-electron chi connectivity index (χ1n) is 7.81. The molecule has 1 aliphatic rings. The van der Waals surface area contributed by atoms with Gasteiger partial charge in [0.25, 0.3) is 0 Å². The third kappa shape index (κ3) is 5.82. The lowest BCUT2D eigenvalue weighted by molar-refractivity contribution is -0.139. The zero-order valence-electron chi connectivity index (χ0n) is 14.2. The molecule has 4 heteroatoms. The molecule has 2 rings (SSSR count). The molecule has 1 aromatic rings. The molecule has 23 heavy (non-hydrogen) atoms. The Morgan fingerprint density at radius 3 is 2.35 bits per heavy atom. The van der Waals surface area contributed by atoms with E-state index in [1.165, 1.54) is 24.0 Å². The van der Waals surface area contributed by atoms with Crippen molar-refractivity contribution in [3.8, 4) is 11.8 Å². The maximum atomic E-state index is 10.7. The minimum Gasteiger partial charge on any atom is -0.453 e. The van der Waals surface area contributed by atoms with Gasteiger partial charge in [0.05, 0.1) is 4.58 Å². The lowest BCUT2D eigenvalue weighted by atomic mass is 9.83. The van der Waals surface area contributed by atoms with Crippen LogP contribution in [0.3, 0.4) is 0 Å². The number of carbonyl (C=O) groups excluding carboxylic acids is 1. The maximum absolute atomic E-state index is 10.7. The summed E-state index contributed by atoms with van der Waals surface area (Å²) in [6, 6.07) is 8.43. The van der Waals surface area contributed by atoms with Crippen molar-refractivity contribution in [3.05, 3.63) is 35.4 Å². The van der Waals surface area contributed by atoms with Gasteiger partial charge in [-0.25, -0.2) is 0 Å². The first-order valence-corrected chi connectivity index (χ1v) is 9.91. The lowest BCUT2D eigenvalue weighted by Gasteiger charge is -2.36. The highest BCUT2D eigenvalue weighted by Crippen LogP contribution is 2.49. The van der Waals surface area contributed by atoms with Crippen LogP contribution >= 0.6 is 23.5 Å². The summed E-state index contributed by atoms with van der Waals surface area (Å²) in [7, 11) is 0. The van der Waals surface area contributed by atoms with Gasteiger partial charge >= 0.3 is 5.97 Å². The zero-order valence-corrected chi connectivity index (χ0v) is 15.9. The quantitative estimate of drug-likeness (QED) is 0.569. The smallest absolute Gasteiger partial charge is 0.303 e. The van der Waals surface area contributed by atoms with Crippen molar-refractivity contribution >= 4 is 29.5 Å². The van der Waals surface area contributed by atoms with Crippen LogP contribution in [0, 0.1) is 23.2 Å². The number of rotatable bonds is 2. The predicted molar refractivity (Wildman–Crippen MR) is 101 cm³/mol. The molecule has 0 radical (unpaired) electrons. The Kier molecular flexibility index (Phi) is 6.50. The van der Waals surface area contributed by atoms with Gasteiger partial charge in [0, 0.05) is 12.5 Å². The highest BCUT2D eigenvalue weighted by Gasteiger charge is 2.31. The van der Waals surface area contributed by atoms with Gasteiger partial charge < -0.3 is 4.74 Å². The van der Waals surface area contributed by atoms with E-state index in [-0.39, 0.29) is 12.6 Å². The molecule has 0 atom stereocenters. The zero-order chi connectivity index (χ0) is 16.9. The lowest BCUT2D eigenvalue weighted by Crippen LogP contribution is -2.27. The normalized spacial score (nSPS) is 21.2. The number of carbonyl (C=O) groups is 1. The summed E-state index contributed by atoms with van der Waals surface area (Å²) >= 11 is 4.10. The summed E-state index contributed by atoms with van der Waals surface area (Å²) in [6.07, 6.45) is 0. The second-order valence-corrected chi connectivity index (χ2v) is 9.34. The van der Waals surface area contributed by atoms with Crippen LogP contribution in [0.4, 0.5) is 0 Å². The molecule has 0 bridgehead atoms. The van der Waals surface area contributed by atoms with Crippen molar-refractivity contribution in [2.75, 3.05) is 18.1 Å². The predicted octanol–water partition coefficient (Wildman–Crippen LogP) is 4.74. The summed E-state index contributed by atoms with van der Waals surface area (Å²) in [4.78, 5) is 10.7. The number of benzene rings is 1. The summed E-state index contributed by atoms with van der Waals surface area (Å²) in [6.45, 7) is 8.55. The number of ether oxygens (including phenoxy) is 1. The van der Waals surface area contributed by atoms with Crippen molar-refractivity contribution in [2.45, 2.75) is 32.3 Å². The molecule has 0 unspecified atom stereocenters. The van der Waals surface area contributed by atoms with Crippen molar-refractivity contribution in [1.29, 1.82) is 0 Å². The Morgan fingerprint density at radius 1 is 1.22 bits per heavy atom. The SMILES string of the molecule is CC(=O)OCC#Cc1ccc(C2SCC(C(C)(C)C)CS2)cc1. The van der Waals surface area contributed by atoms with Gasteiger partial charge in [-0.2, -0.15) is 0 Å². The Bertz CT molecular complexity index is 583. The number of hydrogen-bond donors (Lipinski definition) is 0. The fourth-order valence-electron chi connectivity index (χ4n) is 2.20. The van der Waals surface area contributed by atoms with Gasteiger partial charge in [0.15, 0.2) is 6.61 Å². The Balaban J connectivity index is 1.89. The van der Waals surface area contributed by atoms with Crippen LogP contribution in [0.1, 0.15) is 43.4 Å². The first kappa shape index (κ1) is 18.3. The summed E-state index contributed by atoms with van der Waals surface area (Å²) in [5, 5.41) is 0. The average Bonchev–Trinajstić information content (AvgIpc) is 2.51. The van der Waals surface area contributed by atoms with Gasteiger partial charge in [-0.3, -0.25) is 4.79 Å². The fourth-order valence-corrected chi connectivity index (χ4v) is 5.95. The summed E-state index contributed by atoms with van der Waals surface area (Å²) in [5.74, 6) is 8.80. The van der Waals surface area contributed by atoms with Crippen molar-refractivity contribution in [2.24, 2.45) is 11.3 Å². The van der Waals surface area contributed by atoms with E-state index in [4.69, 9.17) is 4.74 Å². The topological polar surface area (TPSA) is 26.3 Å². The molecule has 1 aliphatic heterocycles. The Morgan fingerprint density at radius 2 is 1.83 bits per heavy atom. The van der Waals surface area contributed by atoms with Crippen molar-refractivity contribution in [3.63, 3.8) is 0 Å². The second kappa shape index (κ2) is 8.17. The molecule has 0 N–H and O–H groups in total. The fraction of sp³-hybridized carbons (Fsp3) is 0.526. The molecule has 0 aromatic heterocycles. The molecule has 124 valence electrons. The van der Waals surface area contributed by atoms with Gasteiger partial charge in [-0.15, -0.1) is 23.5 Å². The molecule has 0 spiro atoms. The molecule has 1 aromatic carbocycles. The largest absolute Gasteiger partial charge is 0.453 e.